The summed E-state index contributed by atoms with van der Waals surface area (Å²) in [6, 6.07) is 14.9. The van der Waals surface area contributed by atoms with E-state index in [1.54, 1.807) is 12.1 Å². The average molecular weight is 453 g/mol. The third kappa shape index (κ3) is 10.5. The monoisotopic (exact) mass is 452 g/mol. The van der Waals surface area contributed by atoms with Crippen LogP contribution >= 0.6 is 0 Å². The van der Waals surface area contributed by atoms with Crippen molar-refractivity contribution in [1.82, 2.24) is 10.6 Å². The molecule has 0 bridgehead atoms. The summed E-state index contributed by atoms with van der Waals surface area (Å²) in [5.74, 6) is -1.49. The number of carbonyl (C=O) groups is 4. The van der Waals surface area contributed by atoms with Crippen LogP contribution in [0.2, 0.25) is 0 Å². The minimum absolute atomic E-state index is 0.0301. The van der Waals surface area contributed by atoms with Gasteiger partial charge in [-0.3, -0.25) is 19.2 Å². The highest BCUT2D eigenvalue weighted by Crippen LogP contribution is 2.16. The molecule has 0 spiro atoms. The van der Waals surface area contributed by atoms with Crippen molar-refractivity contribution in [1.29, 1.82) is 0 Å². The minimum Gasteiger partial charge on any atom is -0.356 e. The molecule has 2 aromatic rings. The van der Waals surface area contributed by atoms with Gasteiger partial charge < -0.3 is 21.3 Å². The van der Waals surface area contributed by atoms with Crippen molar-refractivity contribution in [2.45, 2.75) is 46.0 Å². The Bertz CT molecular complexity index is 940. The predicted octanol–water partition coefficient (Wildman–Crippen LogP) is 2.99. The number of amides is 4. The fourth-order valence-corrected chi connectivity index (χ4v) is 3.19. The fraction of sp³-hybridized carbons (Fsp3) is 0.360. The Hall–Kier alpha value is -3.68. The first kappa shape index (κ1) is 25.6. The van der Waals surface area contributed by atoms with E-state index in [1.807, 2.05) is 36.4 Å². The summed E-state index contributed by atoms with van der Waals surface area (Å²) in [4.78, 5) is 45.9. The van der Waals surface area contributed by atoms with E-state index in [4.69, 9.17) is 0 Å². The van der Waals surface area contributed by atoms with Crippen molar-refractivity contribution in [3.63, 3.8) is 0 Å². The molecule has 0 aliphatic heterocycles. The highest BCUT2D eigenvalue weighted by molar-refractivity contribution is 6.39. The number of nitrogens with one attached hydrogen (secondary N) is 4. The molecular formula is C25H32N4O4. The predicted molar refractivity (Wildman–Crippen MR) is 129 cm³/mol. The lowest BCUT2D eigenvalue weighted by molar-refractivity contribution is -0.136. The molecule has 0 aromatic heterocycles. The van der Waals surface area contributed by atoms with Gasteiger partial charge in [0.15, 0.2) is 0 Å². The first-order valence-electron chi connectivity index (χ1n) is 11.1. The molecule has 33 heavy (non-hydrogen) atoms. The van der Waals surface area contributed by atoms with Gasteiger partial charge in [0.2, 0.25) is 11.8 Å². The molecule has 0 atom stereocenters. The Morgan fingerprint density at radius 3 is 1.55 bits per heavy atom. The van der Waals surface area contributed by atoms with Crippen LogP contribution in [-0.4, -0.2) is 36.7 Å². The summed E-state index contributed by atoms with van der Waals surface area (Å²) < 4.78 is 0. The Balaban J connectivity index is 1.68. The Morgan fingerprint density at radius 2 is 1.06 bits per heavy atom. The zero-order valence-electron chi connectivity index (χ0n) is 19.2. The van der Waals surface area contributed by atoms with Crippen molar-refractivity contribution in [2.75, 3.05) is 23.7 Å². The standard InChI is InChI=1S/C25H32N4O4/c1-18(30)26-15-5-3-4-6-16-27-24(32)25(33)29-23-13-9-21(10-14-23)17-20-7-11-22(12-8-20)28-19(2)31/h7-14H,3-6,15-17H2,1-2H3,(H,26,30)(H,27,32)(H,28,31)(H,29,33). The van der Waals surface area contributed by atoms with Crippen molar-refractivity contribution in [3.05, 3.63) is 59.7 Å². The molecule has 2 aromatic carbocycles. The van der Waals surface area contributed by atoms with Crippen LogP contribution in [0.5, 0.6) is 0 Å². The Kier molecular flexibility index (Phi) is 10.6. The largest absolute Gasteiger partial charge is 0.356 e. The van der Waals surface area contributed by atoms with Gasteiger partial charge in [0, 0.05) is 38.3 Å². The van der Waals surface area contributed by atoms with E-state index in [-0.39, 0.29) is 11.8 Å². The number of anilines is 2. The molecule has 4 N–H and O–H groups in total. The molecule has 0 aliphatic rings. The number of benzene rings is 2. The molecule has 0 aliphatic carbocycles. The normalized spacial score (nSPS) is 10.2. The van der Waals surface area contributed by atoms with Gasteiger partial charge in [-0.1, -0.05) is 37.1 Å². The minimum atomic E-state index is -0.693. The first-order valence-corrected chi connectivity index (χ1v) is 11.1. The molecule has 0 radical (unpaired) electrons. The van der Waals surface area contributed by atoms with Crippen LogP contribution in [0.1, 0.15) is 50.7 Å². The van der Waals surface area contributed by atoms with Crippen LogP contribution < -0.4 is 21.3 Å². The summed E-state index contributed by atoms with van der Waals surface area (Å²) in [7, 11) is 0. The van der Waals surface area contributed by atoms with Crippen LogP contribution in [-0.2, 0) is 25.6 Å². The van der Waals surface area contributed by atoms with Gasteiger partial charge in [-0.15, -0.1) is 0 Å². The van der Waals surface area contributed by atoms with Crippen LogP contribution in [0.15, 0.2) is 48.5 Å². The maximum Gasteiger partial charge on any atom is 0.313 e. The molecule has 2 rings (SSSR count). The van der Waals surface area contributed by atoms with Crippen molar-refractivity contribution < 1.29 is 19.2 Å². The first-order chi connectivity index (χ1) is 15.8. The van der Waals surface area contributed by atoms with Gasteiger partial charge in [0.05, 0.1) is 0 Å². The number of rotatable bonds is 11. The average Bonchev–Trinajstić information content (AvgIpc) is 2.77. The second kappa shape index (κ2) is 13.7. The topological polar surface area (TPSA) is 116 Å². The summed E-state index contributed by atoms with van der Waals surface area (Å²) in [6.45, 7) is 4.06. The molecule has 0 fully saturated rings. The molecular weight excluding hydrogens is 420 g/mol. The van der Waals surface area contributed by atoms with E-state index in [1.165, 1.54) is 13.8 Å². The SMILES string of the molecule is CC(=O)NCCCCCCNC(=O)C(=O)Nc1ccc(Cc2ccc(NC(C)=O)cc2)cc1. The lowest BCUT2D eigenvalue weighted by Gasteiger charge is -2.08. The van der Waals surface area contributed by atoms with E-state index < -0.39 is 11.8 Å². The highest BCUT2D eigenvalue weighted by Gasteiger charge is 2.12. The van der Waals surface area contributed by atoms with Crippen molar-refractivity contribution >= 4 is 35.0 Å². The smallest absolute Gasteiger partial charge is 0.313 e. The maximum atomic E-state index is 12.1. The zero-order valence-corrected chi connectivity index (χ0v) is 19.2. The summed E-state index contributed by atoms with van der Waals surface area (Å²) in [5.41, 5.74) is 3.46. The number of hydrogen-bond donors (Lipinski definition) is 4. The number of hydrogen-bond acceptors (Lipinski definition) is 4. The molecule has 0 saturated carbocycles. The Morgan fingerprint density at radius 1 is 0.576 bits per heavy atom. The van der Waals surface area contributed by atoms with Gasteiger partial charge in [-0.2, -0.15) is 0 Å². The van der Waals surface area contributed by atoms with E-state index >= 15 is 0 Å². The molecule has 0 unspecified atom stereocenters. The van der Waals surface area contributed by atoms with E-state index in [9.17, 15) is 19.2 Å². The van der Waals surface area contributed by atoms with E-state index in [0.717, 1.165) is 42.5 Å². The van der Waals surface area contributed by atoms with Gasteiger partial charge in [-0.25, -0.2) is 0 Å². The highest BCUT2D eigenvalue weighted by atomic mass is 16.2. The summed E-state index contributed by atoms with van der Waals surface area (Å²) in [5, 5.41) is 10.7. The Labute approximate surface area is 194 Å². The maximum absolute atomic E-state index is 12.1. The molecule has 8 nitrogen and oxygen atoms in total. The summed E-state index contributed by atoms with van der Waals surface area (Å²) >= 11 is 0. The third-order valence-electron chi connectivity index (χ3n) is 4.86. The lowest BCUT2D eigenvalue weighted by Crippen LogP contribution is -2.35. The van der Waals surface area contributed by atoms with Gasteiger partial charge >= 0.3 is 11.8 Å². The molecule has 176 valence electrons. The molecule has 0 heterocycles. The summed E-state index contributed by atoms with van der Waals surface area (Å²) in [6.07, 6.45) is 4.25. The third-order valence-corrected chi connectivity index (χ3v) is 4.86. The lowest BCUT2D eigenvalue weighted by atomic mass is 10.0. The van der Waals surface area contributed by atoms with Gasteiger partial charge in [-0.05, 0) is 54.7 Å². The quantitative estimate of drug-likeness (QED) is 0.310. The molecule has 8 heteroatoms. The van der Waals surface area contributed by atoms with Gasteiger partial charge in [0.1, 0.15) is 0 Å². The van der Waals surface area contributed by atoms with E-state index in [2.05, 4.69) is 21.3 Å². The molecule has 4 amide bonds. The second-order valence-electron chi connectivity index (χ2n) is 7.86. The second-order valence-corrected chi connectivity index (χ2v) is 7.86. The van der Waals surface area contributed by atoms with Crippen LogP contribution in [0.3, 0.4) is 0 Å². The fourth-order valence-electron chi connectivity index (χ4n) is 3.19. The van der Waals surface area contributed by atoms with Crippen molar-refractivity contribution in [3.8, 4) is 0 Å². The number of unbranched alkanes of at least 4 members (excludes halogenated alkanes) is 3. The van der Waals surface area contributed by atoms with Crippen molar-refractivity contribution in [2.24, 2.45) is 0 Å². The van der Waals surface area contributed by atoms with Crippen LogP contribution in [0.25, 0.3) is 0 Å². The van der Waals surface area contributed by atoms with E-state index in [0.29, 0.717) is 25.2 Å². The molecule has 0 saturated heterocycles. The number of carbonyl (C=O) groups excluding carboxylic acids is 4. The van der Waals surface area contributed by atoms with Crippen LogP contribution in [0.4, 0.5) is 11.4 Å². The van der Waals surface area contributed by atoms with Crippen LogP contribution in [0, 0.1) is 0 Å². The zero-order chi connectivity index (χ0) is 24.1. The van der Waals surface area contributed by atoms with Gasteiger partial charge in [0.25, 0.3) is 0 Å².